The van der Waals surface area contributed by atoms with E-state index in [2.05, 4.69) is 5.32 Å². The summed E-state index contributed by atoms with van der Waals surface area (Å²) in [6.07, 6.45) is 0. The highest BCUT2D eigenvalue weighted by molar-refractivity contribution is 6.33. The fourth-order valence-electron chi connectivity index (χ4n) is 2.13. The Kier molecular flexibility index (Phi) is 4.29. The first-order valence-corrected chi connectivity index (χ1v) is 6.68. The first-order valence-electron chi connectivity index (χ1n) is 6.30. The van der Waals surface area contributed by atoms with Gasteiger partial charge in [0.2, 0.25) is 0 Å². The van der Waals surface area contributed by atoms with E-state index in [1.165, 1.54) is 18.2 Å². The second-order valence-corrected chi connectivity index (χ2v) is 5.13. The molecule has 5 heteroatoms. The number of aryl methyl sites for hydroxylation is 2. The number of anilines is 1. The van der Waals surface area contributed by atoms with Gasteiger partial charge in [-0.1, -0.05) is 29.8 Å². The summed E-state index contributed by atoms with van der Waals surface area (Å²) < 4.78 is 0. The van der Waals surface area contributed by atoms with Crippen molar-refractivity contribution in [1.29, 1.82) is 0 Å². The van der Waals surface area contributed by atoms with Crippen LogP contribution in [0, 0.1) is 13.8 Å². The second-order valence-electron chi connectivity index (χ2n) is 4.72. The zero-order chi connectivity index (χ0) is 15.6. The molecule has 2 rings (SSSR count). The predicted molar refractivity (Wildman–Crippen MR) is 82.3 cm³/mol. The summed E-state index contributed by atoms with van der Waals surface area (Å²) in [4.78, 5) is 23.2. The van der Waals surface area contributed by atoms with Crippen molar-refractivity contribution in [2.75, 3.05) is 5.32 Å². The molecule has 1 amide bonds. The molecule has 2 aromatic rings. The molecule has 2 N–H and O–H groups in total. The van der Waals surface area contributed by atoms with E-state index in [0.29, 0.717) is 11.3 Å². The summed E-state index contributed by atoms with van der Waals surface area (Å²) in [7, 11) is 0. The quantitative estimate of drug-likeness (QED) is 0.903. The van der Waals surface area contributed by atoms with Gasteiger partial charge in [0, 0.05) is 11.3 Å². The maximum absolute atomic E-state index is 12.3. The molecule has 0 radical (unpaired) electrons. The first-order chi connectivity index (χ1) is 9.90. The summed E-state index contributed by atoms with van der Waals surface area (Å²) in [5.74, 6) is -1.35. The molecular formula is C16H14ClNO3. The molecular weight excluding hydrogens is 290 g/mol. The number of hydrogen-bond donors (Lipinski definition) is 2. The van der Waals surface area contributed by atoms with Gasteiger partial charge in [-0.3, -0.25) is 4.79 Å². The zero-order valence-corrected chi connectivity index (χ0v) is 12.4. The molecule has 0 aliphatic rings. The van der Waals surface area contributed by atoms with Crippen LogP contribution >= 0.6 is 11.6 Å². The maximum Gasteiger partial charge on any atom is 0.337 e. The van der Waals surface area contributed by atoms with Gasteiger partial charge in [0.1, 0.15) is 0 Å². The number of benzene rings is 2. The van der Waals surface area contributed by atoms with Crippen molar-refractivity contribution in [2.24, 2.45) is 0 Å². The van der Waals surface area contributed by atoms with Gasteiger partial charge in [-0.05, 0) is 43.2 Å². The van der Waals surface area contributed by atoms with E-state index in [1.807, 2.05) is 32.0 Å². The summed E-state index contributed by atoms with van der Waals surface area (Å²) in [6.45, 7) is 3.73. The van der Waals surface area contributed by atoms with Gasteiger partial charge in [0.25, 0.3) is 5.91 Å². The molecule has 0 aliphatic carbocycles. The number of carboxylic acids is 1. The Morgan fingerprint density at radius 2 is 1.71 bits per heavy atom. The molecule has 0 fully saturated rings. The van der Waals surface area contributed by atoms with Crippen LogP contribution in [0.3, 0.4) is 0 Å². The van der Waals surface area contributed by atoms with Crippen molar-refractivity contribution >= 4 is 29.2 Å². The Balaban J connectivity index is 2.28. The number of carboxylic acid groups (broad SMARTS) is 1. The number of halogens is 1. The Morgan fingerprint density at radius 3 is 2.24 bits per heavy atom. The van der Waals surface area contributed by atoms with Gasteiger partial charge in [-0.2, -0.15) is 0 Å². The van der Waals surface area contributed by atoms with E-state index in [9.17, 15) is 9.59 Å². The minimum atomic E-state index is -1.10. The van der Waals surface area contributed by atoms with Crippen LogP contribution in [0.1, 0.15) is 31.8 Å². The molecule has 0 heterocycles. The summed E-state index contributed by atoms with van der Waals surface area (Å²) in [5, 5.41) is 11.7. The standard InChI is InChI=1S/C16H14ClNO3/c1-9-4-3-5-10(2)14(9)15(19)18-11-6-7-12(16(20)21)13(17)8-11/h3-8H,1-2H3,(H,18,19)(H,20,21). The van der Waals surface area contributed by atoms with Gasteiger partial charge in [0.15, 0.2) is 0 Å². The number of hydrogen-bond acceptors (Lipinski definition) is 2. The van der Waals surface area contributed by atoms with Crippen LogP contribution in [-0.2, 0) is 0 Å². The third kappa shape index (κ3) is 3.23. The Bertz CT molecular complexity index is 705. The van der Waals surface area contributed by atoms with E-state index in [-0.39, 0.29) is 16.5 Å². The molecule has 0 bridgehead atoms. The molecule has 0 saturated heterocycles. The highest BCUT2D eigenvalue weighted by Gasteiger charge is 2.14. The molecule has 0 saturated carbocycles. The Morgan fingerprint density at radius 1 is 1.10 bits per heavy atom. The van der Waals surface area contributed by atoms with Gasteiger partial charge in [-0.15, -0.1) is 0 Å². The van der Waals surface area contributed by atoms with Crippen LogP contribution in [-0.4, -0.2) is 17.0 Å². The van der Waals surface area contributed by atoms with Crippen LogP contribution in [0.5, 0.6) is 0 Å². The fourth-order valence-corrected chi connectivity index (χ4v) is 2.39. The van der Waals surface area contributed by atoms with Crippen LogP contribution in [0.25, 0.3) is 0 Å². The lowest BCUT2D eigenvalue weighted by atomic mass is 10.0. The highest BCUT2D eigenvalue weighted by Crippen LogP contribution is 2.22. The molecule has 0 atom stereocenters. The van der Waals surface area contributed by atoms with Gasteiger partial charge in [0.05, 0.1) is 10.6 Å². The molecule has 0 aromatic heterocycles. The first kappa shape index (κ1) is 15.1. The Labute approximate surface area is 127 Å². The molecule has 108 valence electrons. The summed E-state index contributed by atoms with van der Waals surface area (Å²) in [6, 6.07) is 9.92. The van der Waals surface area contributed by atoms with Crippen molar-refractivity contribution in [3.8, 4) is 0 Å². The lowest BCUT2D eigenvalue weighted by Gasteiger charge is -2.11. The topological polar surface area (TPSA) is 66.4 Å². The van der Waals surface area contributed by atoms with E-state index in [0.717, 1.165) is 11.1 Å². The van der Waals surface area contributed by atoms with Crippen molar-refractivity contribution < 1.29 is 14.7 Å². The van der Waals surface area contributed by atoms with Crippen LogP contribution in [0.15, 0.2) is 36.4 Å². The average Bonchev–Trinajstić information content (AvgIpc) is 2.37. The van der Waals surface area contributed by atoms with Gasteiger partial charge in [-0.25, -0.2) is 4.79 Å². The number of nitrogens with one attached hydrogen (secondary N) is 1. The monoisotopic (exact) mass is 303 g/mol. The normalized spacial score (nSPS) is 10.2. The summed E-state index contributed by atoms with van der Waals surface area (Å²) in [5.41, 5.74) is 2.82. The van der Waals surface area contributed by atoms with Crippen LogP contribution in [0.2, 0.25) is 5.02 Å². The number of rotatable bonds is 3. The number of amides is 1. The maximum atomic E-state index is 12.3. The average molecular weight is 304 g/mol. The van der Waals surface area contributed by atoms with Gasteiger partial charge < -0.3 is 10.4 Å². The predicted octanol–water partition coefficient (Wildman–Crippen LogP) is 3.91. The van der Waals surface area contributed by atoms with Crippen LogP contribution < -0.4 is 5.32 Å². The fraction of sp³-hybridized carbons (Fsp3) is 0.125. The number of aromatic carboxylic acids is 1. The SMILES string of the molecule is Cc1cccc(C)c1C(=O)Nc1ccc(C(=O)O)c(Cl)c1. The minimum absolute atomic E-state index is 0.00161. The lowest BCUT2D eigenvalue weighted by Crippen LogP contribution is -2.15. The largest absolute Gasteiger partial charge is 0.478 e. The third-order valence-electron chi connectivity index (χ3n) is 3.17. The van der Waals surface area contributed by atoms with E-state index < -0.39 is 5.97 Å². The summed E-state index contributed by atoms with van der Waals surface area (Å²) >= 11 is 5.88. The van der Waals surface area contributed by atoms with E-state index >= 15 is 0 Å². The molecule has 0 unspecified atom stereocenters. The zero-order valence-electron chi connectivity index (χ0n) is 11.6. The van der Waals surface area contributed by atoms with E-state index in [4.69, 9.17) is 16.7 Å². The van der Waals surface area contributed by atoms with Crippen molar-refractivity contribution in [2.45, 2.75) is 13.8 Å². The molecule has 0 aliphatic heterocycles. The van der Waals surface area contributed by atoms with Crippen LogP contribution in [0.4, 0.5) is 5.69 Å². The van der Waals surface area contributed by atoms with Crippen molar-refractivity contribution in [3.63, 3.8) is 0 Å². The highest BCUT2D eigenvalue weighted by atomic mass is 35.5. The number of carbonyl (C=O) groups excluding carboxylic acids is 1. The number of carbonyl (C=O) groups is 2. The van der Waals surface area contributed by atoms with Gasteiger partial charge >= 0.3 is 5.97 Å². The lowest BCUT2D eigenvalue weighted by molar-refractivity contribution is 0.0697. The van der Waals surface area contributed by atoms with Crippen molar-refractivity contribution in [3.05, 3.63) is 63.7 Å². The van der Waals surface area contributed by atoms with E-state index in [1.54, 1.807) is 0 Å². The second kappa shape index (κ2) is 5.97. The molecule has 21 heavy (non-hydrogen) atoms. The smallest absolute Gasteiger partial charge is 0.337 e. The molecule has 2 aromatic carbocycles. The van der Waals surface area contributed by atoms with Crippen molar-refractivity contribution in [1.82, 2.24) is 0 Å². The minimum Gasteiger partial charge on any atom is -0.478 e. The molecule has 0 spiro atoms. The molecule has 4 nitrogen and oxygen atoms in total. The Hall–Kier alpha value is -2.33. The third-order valence-corrected chi connectivity index (χ3v) is 3.48.